The third-order valence-electron chi connectivity index (χ3n) is 6.61. The van der Waals surface area contributed by atoms with Crippen molar-refractivity contribution in [3.05, 3.63) is 63.7 Å². The summed E-state index contributed by atoms with van der Waals surface area (Å²) in [7, 11) is 0. The van der Waals surface area contributed by atoms with Gasteiger partial charge in [0.15, 0.2) is 0 Å². The Morgan fingerprint density at radius 2 is 1.91 bits per heavy atom. The smallest absolute Gasteiger partial charge is 0.321 e. The molecule has 0 aromatic heterocycles. The quantitative estimate of drug-likeness (QED) is 0.679. The number of anilines is 1. The van der Waals surface area contributed by atoms with E-state index in [4.69, 9.17) is 11.6 Å². The molecule has 2 aromatic carbocycles. The van der Waals surface area contributed by atoms with Crippen molar-refractivity contribution in [3.63, 3.8) is 0 Å². The number of piperidine rings is 1. The summed E-state index contributed by atoms with van der Waals surface area (Å²) in [6.45, 7) is 3.41. The highest BCUT2D eigenvalue weighted by Gasteiger charge is 2.40. The van der Waals surface area contributed by atoms with Crippen LogP contribution in [0.2, 0.25) is 5.02 Å². The van der Waals surface area contributed by atoms with E-state index in [1.165, 1.54) is 0 Å². The highest BCUT2D eigenvalue weighted by Crippen LogP contribution is 2.33. The van der Waals surface area contributed by atoms with Crippen LogP contribution in [0.1, 0.15) is 45.8 Å². The van der Waals surface area contributed by atoms with Crippen LogP contribution in [-0.4, -0.2) is 52.7 Å². The molecule has 5 rings (SSSR count). The molecule has 3 heterocycles. The number of benzene rings is 2. The van der Waals surface area contributed by atoms with Gasteiger partial charge in [0.1, 0.15) is 6.04 Å². The lowest BCUT2D eigenvalue weighted by Crippen LogP contribution is -2.52. The van der Waals surface area contributed by atoms with Crippen LogP contribution in [0.15, 0.2) is 36.4 Å². The van der Waals surface area contributed by atoms with Gasteiger partial charge in [-0.1, -0.05) is 29.8 Å². The zero-order valence-corrected chi connectivity index (χ0v) is 18.8. The maximum Gasteiger partial charge on any atom is 0.321 e. The molecular formula is C24H23ClN4O4. The molecule has 3 aliphatic heterocycles. The molecule has 2 aromatic rings. The van der Waals surface area contributed by atoms with Gasteiger partial charge in [-0.25, -0.2) is 4.79 Å². The monoisotopic (exact) mass is 466 g/mol. The lowest BCUT2D eigenvalue weighted by molar-refractivity contribution is -0.136. The van der Waals surface area contributed by atoms with Crippen molar-refractivity contribution in [1.29, 1.82) is 0 Å². The molecule has 0 spiro atoms. The Morgan fingerprint density at radius 1 is 1.12 bits per heavy atom. The molecule has 2 fully saturated rings. The molecule has 170 valence electrons. The van der Waals surface area contributed by atoms with E-state index in [2.05, 4.69) is 10.6 Å². The molecule has 9 heteroatoms. The van der Waals surface area contributed by atoms with Gasteiger partial charge in [-0.3, -0.25) is 19.7 Å². The summed E-state index contributed by atoms with van der Waals surface area (Å²) in [6.07, 6.45) is 0.576. The van der Waals surface area contributed by atoms with Crippen molar-refractivity contribution in [1.82, 2.24) is 15.1 Å². The minimum Gasteiger partial charge on any atom is -0.323 e. The standard InChI is InChI=1S/C24H23ClN4O4/c1-13-2-4-17(9-19(13)25)26-24(33)28-10-16(11-28)14-3-5-18-15(8-14)12-29(23(18)32)20-6-7-21(30)27-22(20)31/h2-5,8-9,16,20H,6-7,10-12H2,1H3,(H,26,33)(H,27,30,31). The lowest BCUT2D eigenvalue weighted by atomic mass is 9.90. The number of likely N-dealkylation sites (tertiary alicyclic amines) is 1. The molecule has 5 amide bonds. The SMILES string of the molecule is Cc1ccc(NC(=O)N2CC(c3ccc4c(c3)CN(C3CCC(=O)NC3=O)C4=O)C2)cc1Cl. The number of urea groups is 1. The van der Waals surface area contributed by atoms with Gasteiger partial charge in [-0.05, 0) is 48.2 Å². The number of carbonyl (C=O) groups excluding carboxylic acids is 4. The first-order valence-corrected chi connectivity index (χ1v) is 11.3. The zero-order chi connectivity index (χ0) is 23.3. The maximum atomic E-state index is 12.8. The molecule has 1 atom stereocenters. The minimum atomic E-state index is -0.621. The summed E-state index contributed by atoms with van der Waals surface area (Å²) in [5.41, 5.74) is 4.13. The number of hydrogen-bond donors (Lipinski definition) is 2. The van der Waals surface area contributed by atoms with Crippen molar-refractivity contribution in [2.45, 2.75) is 38.3 Å². The summed E-state index contributed by atoms with van der Waals surface area (Å²) in [6, 6.07) is 10.3. The predicted molar refractivity (Wildman–Crippen MR) is 122 cm³/mol. The second-order valence-corrected chi connectivity index (χ2v) is 9.22. The zero-order valence-electron chi connectivity index (χ0n) is 18.1. The van der Waals surface area contributed by atoms with Gasteiger partial charge in [-0.15, -0.1) is 0 Å². The summed E-state index contributed by atoms with van der Waals surface area (Å²) in [4.78, 5) is 52.3. The Hall–Kier alpha value is -3.39. The van der Waals surface area contributed by atoms with Crippen LogP contribution >= 0.6 is 11.6 Å². The van der Waals surface area contributed by atoms with Gasteiger partial charge in [0, 0.05) is 48.2 Å². The summed E-state index contributed by atoms with van der Waals surface area (Å²) in [5, 5.41) is 5.79. The van der Waals surface area contributed by atoms with E-state index in [0.717, 1.165) is 16.7 Å². The first kappa shape index (κ1) is 21.5. The van der Waals surface area contributed by atoms with Gasteiger partial charge in [0.05, 0.1) is 0 Å². The summed E-state index contributed by atoms with van der Waals surface area (Å²) < 4.78 is 0. The second kappa shape index (κ2) is 8.19. The molecule has 33 heavy (non-hydrogen) atoms. The van der Waals surface area contributed by atoms with E-state index in [1.54, 1.807) is 21.9 Å². The van der Waals surface area contributed by atoms with Crippen LogP contribution in [0.5, 0.6) is 0 Å². The van der Waals surface area contributed by atoms with Crippen molar-refractivity contribution in [2.24, 2.45) is 0 Å². The van der Waals surface area contributed by atoms with Crippen molar-refractivity contribution in [2.75, 3.05) is 18.4 Å². The van der Waals surface area contributed by atoms with Crippen LogP contribution in [0, 0.1) is 6.92 Å². The highest BCUT2D eigenvalue weighted by atomic mass is 35.5. The molecule has 3 aliphatic rings. The highest BCUT2D eigenvalue weighted by molar-refractivity contribution is 6.31. The number of amides is 5. The van der Waals surface area contributed by atoms with Gasteiger partial charge in [0.25, 0.3) is 5.91 Å². The Kier molecular flexibility index (Phi) is 5.32. The number of fused-ring (bicyclic) bond motifs is 1. The van der Waals surface area contributed by atoms with Crippen molar-refractivity contribution < 1.29 is 19.2 Å². The largest absolute Gasteiger partial charge is 0.323 e. The van der Waals surface area contributed by atoms with Crippen LogP contribution in [0.4, 0.5) is 10.5 Å². The third-order valence-corrected chi connectivity index (χ3v) is 7.02. The first-order valence-electron chi connectivity index (χ1n) is 10.9. The van der Waals surface area contributed by atoms with Crippen molar-refractivity contribution >= 4 is 41.0 Å². The number of hydrogen-bond acceptors (Lipinski definition) is 4. The fraction of sp³-hybridized carbons (Fsp3) is 0.333. The third kappa shape index (κ3) is 3.95. The van der Waals surface area contributed by atoms with Crippen LogP contribution in [-0.2, 0) is 16.1 Å². The van der Waals surface area contributed by atoms with E-state index in [1.807, 2.05) is 31.2 Å². The average Bonchev–Trinajstić information content (AvgIpc) is 3.05. The molecule has 0 saturated carbocycles. The van der Waals surface area contributed by atoms with E-state index in [-0.39, 0.29) is 30.2 Å². The van der Waals surface area contributed by atoms with Gasteiger partial charge in [-0.2, -0.15) is 0 Å². The number of halogens is 1. The minimum absolute atomic E-state index is 0.174. The van der Waals surface area contributed by atoms with Gasteiger partial charge < -0.3 is 15.1 Å². The number of carbonyl (C=O) groups is 4. The Bertz CT molecular complexity index is 1190. The van der Waals surface area contributed by atoms with Gasteiger partial charge in [0.2, 0.25) is 11.8 Å². The van der Waals surface area contributed by atoms with E-state index >= 15 is 0 Å². The van der Waals surface area contributed by atoms with Crippen LogP contribution in [0.25, 0.3) is 0 Å². The molecule has 0 radical (unpaired) electrons. The molecular weight excluding hydrogens is 444 g/mol. The van der Waals surface area contributed by atoms with Crippen LogP contribution in [0.3, 0.4) is 0 Å². The topological polar surface area (TPSA) is 98.8 Å². The number of aryl methyl sites for hydroxylation is 1. The maximum absolute atomic E-state index is 12.8. The van der Waals surface area contributed by atoms with E-state index in [9.17, 15) is 19.2 Å². The number of nitrogens with one attached hydrogen (secondary N) is 2. The molecule has 2 saturated heterocycles. The normalized spacial score (nSPS) is 20.4. The fourth-order valence-electron chi connectivity index (χ4n) is 4.58. The Balaban J connectivity index is 1.21. The molecule has 8 nitrogen and oxygen atoms in total. The molecule has 0 aliphatic carbocycles. The molecule has 0 bridgehead atoms. The summed E-state index contributed by atoms with van der Waals surface area (Å²) >= 11 is 6.13. The van der Waals surface area contributed by atoms with Crippen LogP contribution < -0.4 is 10.6 Å². The van der Waals surface area contributed by atoms with Crippen molar-refractivity contribution in [3.8, 4) is 0 Å². The average molecular weight is 467 g/mol. The predicted octanol–water partition coefficient (Wildman–Crippen LogP) is 3.04. The fourth-order valence-corrected chi connectivity index (χ4v) is 4.76. The Morgan fingerprint density at radius 3 is 2.64 bits per heavy atom. The number of nitrogens with zero attached hydrogens (tertiary/aromatic N) is 2. The molecule has 2 N–H and O–H groups in total. The molecule has 1 unspecified atom stereocenters. The number of rotatable bonds is 3. The van der Waals surface area contributed by atoms with E-state index < -0.39 is 11.9 Å². The second-order valence-electron chi connectivity index (χ2n) is 8.81. The number of imide groups is 1. The van der Waals surface area contributed by atoms with E-state index in [0.29, 0.717) is 42.3 Å². The first-order chi connectivity index (χ1) is 15.8. The lowest BCUT2D eigenvalue weighted by Gasteiger charge is -2.39. The van der Waals surface area contributed by atoms with Gasteiger partial charge >= 0.3 is 6.03 Å². The summed E-state index contributed by atoms with van der Waals surface area (Å²) in [5.74, 6) is -0.713. The Labute approximate surface area is 195 Å².